The molecule has 1 amide bonds. The standard InChI is InChI=1S/C26H28FN7OS/c1-33-11-17-10-16(33)12-34(17)20-5-4-15(9-18(20)27)29-26-30-19-6-7-36-23(19)25(32-26)31-22-14-3-2-13(8-14)21(22)24(28)35/h2-7,9,13-14,16-17,21-22H,8,10-12H2,1H3,(H2,28,35)(H2,29,30,31,32)/p+1/t13?,14?,16?,17?,21-,22+/m0/s1. The van der Waals surface area contributed by atoms with Crippen molar-refractivity contribution in [2.75, 3.05) is 30.8 Å². The average Bonchev–Trinajstić information content (AvgIpc) is 3.65. The maximum absolute atomic E-state index is 15.2. The van der Waals surface area contributed by atoms with Gasteiger partial charge < -0.3 is 16.4 Å². The van der Waals surface area contributed by atoms with Gasteiger partial charge in [-0.1, -0.05) is 12.2 Å². The van der Waals surface area contributed by atoms with Crippen LogP contribution in [-0.2, 0) is 4.79 Å². The SMILES string of the molecule is CN1CC2CC1C[NH+]2c1ccc(Nc2nc(N[C@@H]3C4C=CC(C4)[C@@H]3C(N)=O)c3sccc3n2)cc1F. The van der Waals surface area contributed by atoms with Crippen LogP contribution in [0.4, 0.5) is 27.5 Å². The molecule has 4 bridgehead atoms. The predicted molar refractivity (Wildman–Crippen MR) is 138 cm³/mol. The molecule has 4 heterocycles. The number of nitrogens with one attached hydrogen (secondary N) is 3. The van der Waals surface area contributed by atoms with Crippen LogP contribution in [0.25, 0.3) is 10.2 Å². The Morgan fingerprint density at radius 3 is 2.83 bits per heavy atom. The summed E-state index contributed by atoms with van der Waals surface area (Å²) >= 11 is 1.55. The number of primary amides is 1. The van der Waals surface area contributed by atoms with Crippen molar-refractivity contribution in [3.05, 3.63) is 47.6 Å². The molecule has 7 atom stereocenters. The van der Waals surface area contributed by atoms with Gasteiger partial charge in [0.2, 0.25) is 11.9 Å². The lowest BCUT2D eigenvalue weighted by Gasteiger charge is -2.29. The first-order valence-electron chi connectivity index (χ1n) is 12.6. The maximum Gasteiger partial charge on any atom is 0.229 e. The molecule has 3 aromatic rings. The maximum atomic E-state index is 15.2. The molecule has 1 aromatic carbocycles. The van der Waals surface area contributed by atoms with Crippen LogP contribution in [0.3, 0.4) is 0 Å². The molecule has 7 rings (SSSR count). The molecule has 0 spiro atoms. The fraction of sp³-hybridized carbons (Fsp3) is 0.423. The number of hydrogen-bond acceptors (Lipinski definition) is 7. The number of carbonyl (C=O) groups excluding carboxylic acids is 1. The number of aromatic nitrogens is 2. The second kappa shape index (κ2) is 8.22. The van der Waals surface area contributed by atoms with Crippen LogP contribution in [0.2, 0.25) is 0 Å². The Morgan fingerprint density at radius 1 is 1.22 bits per heavy atom. The molecule has 2 saturated heterocycles. The van der Waals surface area contributed by atoms with Crippen molar-refractivity contribution in [2.24, 2.45) is 23.5 Å². The summed E-state index contributed by atoms with van der Waals surface area (Å²) in [5, 5.41) is 8.69. The minimum absolute atomic E-state index is 0.0971. The number of likely N-dealkylation sites (N-methyl/N-ethyl adjacent to an activating group) is 1. The van der Waals surface area contributed by atoms with Crippen LogP contribution < -0.4 is 21.3 Å². The second-order valence-corrected chi connectivity index (χ2v) is 11.6. The van der Waals surface area contributed by atoms with E-state index in [1.807, 2.05) is 23.6 Å². The molecular formula is C26H29FN7OS+. The highest BCUT2D eigenvalue weighted by Crippen LogP contribution is 2.45. The van der Waals surface area contributed by atoms with E-state index in [4.69, 9.17) is 10.7 Å². The zero-order valence-electron chi connectivity index (χ0n) is 19.9. The molecule has 2 aromatic heterocycles. The minimum Gasteiger partial charge on any atom is -0.369 e. The molecule has 2 aliphatic carbocycles. The Morgan fingerprint density at radius 2 is 2.08 bits per heavy atom. The first kappa shape index (κ1) is 22.1. The summed E-state index contributed by atoms with van der Waals surface area (Å²) in [5.41, 5.74) is 7.90. The Bertz CT molecular complexity index is 1390. The molecule has 4 aliphatic rings. The Labute approximate surface area is 212 Å². The summed E-state index contributed by atoms with van der Waals surface area (Å²) in [6, 6.07) is 8.16. The van der Waals surface area contributed by atoms with Gasteiger partial charge in [-0.2, -0.15) is 4.98 Å². The van der Waals surface area contributed by atoms with Gasteiger partial charge in [0.15, 0.2) is 11.5 Å². The zero-order valence-corrected chi connectivity index (χ0v) is 20.8. The minimum atomic E-state index is -0.283. The van der Waals surface area contributed by atoms with E-state index in [1.54, 1.807) is 11.3 Å². The zero-order chi connectivity index (χ0) is 24.6. The summed E-state index contributed by atoms with van der Waals surface area (Å²) in [7, 11) is 2.15. The lowest BCUT2D eigenvalue weighted by atomic mass is 9.88. The quantitative estimate of drug-likeness (QED) is 0.383. The van der Waals surface area contributed by atoms with Crippen LogP contribution in [0.15, 0.2) is 41.8 Å². The van der Waals surface area contributed by atoms with Gasteiger partial charge in [-0.3, -0.25) is 14.6 Å². The largest absolute Gasteiger partial charge is 0.369 e. The molecule has 5 N–H and O–H groups in total. The highest BCUT2D eigenvalue weighted by Gasteiger charge is 2.48. The monoisotopic (exact) mass is 506 g/mol. The number of rotatable bonds is 6. The molecule has 5 unspecified atom stereocenters. The van der Waals surface area contributed by atoms with Gasteiger partial charge in [0.1, 0.15) is 11.9 Å². The molecule has 186 valence electrons. The number of allylic oxidation sites excluding steroid dienone is 1. The van der Waals surface area contributed by atoms with Gasteiger partial charge in [0, 0.05) is 30.3 Å². The molecule has 3 fully saturated rings. The lowest BCUT2D eigenvalue weighted by Crippen LogP contribution is -3.11. The van der Waals surface area contributed by atoms with Gasteiger partial charge in [-0.25, -0.2) is 9.37 Å². The van der Waals surface area contributed by atoms with Gasteiger partial charge in [0.25, 0.3) is 0 Å². The van der Waals surface area contributed by atoms with Crippen molar-refractivity contribution >= 4 is 50.6 Å². The number of thiophene rings is 1. The number of nitrogens with two attached hydrogens (primary N) is 1. The van der Waals surface area contributed by atoms with Crippen molar-refractivity contribution in [3.63, 3.8) is 0 Å². The van der Waals surface area contributed by atoms with E-state index < -0.39 is 0 Å². The number of amides is 1. The number of hydrogen-bond donors (Lipinski definition) is 4. The van der Waals surface area contributed by atoms with Crippen molar-refractivity contribution in [1.82, 2.24) is 14.9 Å². The third-order valence-electron chi connectivity index (χ3n) is 8.60. The Kier molecular flexibility index (Phi) is 5.06. The highest BCUT2D eigenvalue weighted by atomic mass is 32.1. The third kappa shape index (κ3) is 3.50. The van der Waals surface area contributed by atoms with E-state index >= 15 is 4.39 Å². The van der Waals surface area contributed by atoms with Crippen molar-refractivity contribution in [2.45, 2.75) is 31.0 Å². The first-order valence-corrected chi connectivity index (χ1v) is 13.4. The molecular weight excluding hydrogens is 477 g/mol. The number of likely N-dealkylation sites (tertiary alicyclic amines) is 1. The predicted octanol–water partition coefficient (Wildman–Crippen LogP) is 2.26. The number of nitrogens with zero attached hydrogens (tertiary/aromatic N) is 3. The van der Waals surface area contributed by atoms with E-state index in [1.165, 1.54) is 11.0 Å². The number of quaternary nitrogens is 1. The number of anilines is 3. The lowest BCUT2D eigenvalue weighted by molar-refractivity contribution is -0.852. The first-order chi connectivity index (χ1) is 17.4. The summed E-state index contributed by atoms with van der Waals surface area (Å²) in [4.78, 5) is 25.2. The van der Waals surface area contributed by atoms with Crippen LogP contribution in [0.5, 0.6) is 0 Å². The third-order valence-corrected chi connectivity index (χ3v) is 9.51. The van der Waals surface area contributed by atoms with Crippen molar-refractivity contribution in [3.8, 4) is 0 Å². The second-order valence-electron chi connectivity index (χ2n) is 10.7. The molecule has 0 radical (unpaired) electrons. The average molecular weight is 507 g/mol. The van der Waals surface area contributed by atoms with E-state index in [-0.39, 0.29) is 35.5 Å². The van der Waals surface area contributed by atoms with E-state index in [2.05, 4.69) is 39.7 Å². The topological polar surface area (TPSA) is 101 Å². The normalized spacial score (nSPS) is 32.6. The van der Waals surface area contributed by atoms with Crippen molar-refractivity contribution in [1.29, 1.82) is 0 Å². The summed E-state index contributed by atoms with van der Waals surface area (Å²) < 4.78 is 16.1. The Hall–Kier alpha value is -3.08. The van der Waals surface area contributed by atoms with Gasteiger partial charge in [-0.15, -0.1) is 11.3 Å². The number of halogens is 1. The molecule has 2 aliphatic heterocycles. The molecule has 10 heteroatoms. The number of fused-ring (bicyclic) bond motifs is 5. The highest BCUT2D eigenvalue weighted by molar-refractivity contribution is 7.17. The number of benzene rings is 1. The van der Waals surface area contributed by atoms with Gasteiger partial charge >= 0.3 is 0 Å². The Balaban J connectivity index is 1.15. The van der Waals surface area contributed by atoms with Crippen LogP contribution >= 0.6 is 11.3 Å². The summed E-state index contributed by atoms with van der Waals surface area (Å²) in [5.74, 6) is 0.739. The van der Waals surface area contributed by atoms with Gasteiger partial charge in [0.05, 0.1) is 35.3 Å². The fourth-order valence-corrected chi connectivity index (χ4v) is 7.67. The fourth-order valence-electron chi connectivity index (χ4n) is 6.89. The van der Waals surface area contributed by atoms with Crippen LogP contribution in [0.1, 0.15) is 12.8 Å². The molecule has 1 saturated carbocycles. The number of piperazine rings is 1. The van der Waals surface area contributed by atoms with E-state index in [9.17, 15) is 4.79 Å². The van der Waals surface area contributed by atoms with E-state index in [0.29, 0.717) is 29.5 Å². The smallest absolute Gasteiger partial charge is 0.229 e. The number of carbonyl (C=O) groups is 1. The van der Waals surface area contributed by atoms with Crippen LogP contribution in [-0.4, -0.2) is 59.0 Å². The van der Waals surface area contributed by atoms with Crippen LogP contribution in [0, 0.1) is 23.6 Å². The molecule has 8 nitrogen and oxygen atoms in total. The van der Waals surface area contributed by atoms with Gasteiger partial charge in [-0.05, 0) is 42.8 Å². The van der Waals surface area contributed by atoms with E-state index in [0.717, 1.165) is 41.8 Å². The van der Waals surface area contributed by atoms with Crippen molar-refractivity contribution < 1.29 is 14.1 Å². The molecule has 36 heavy (non-hydrogen) atoms. The summed E-state index contributed by atoms with van der Waals surface area (Å²) in [6.07, 6.45) is 6.34. The summed E-state index contributed by atoms with van der Waals surface area (Å²) in [6.45, 7) is 1.96.